The SMILES string of the molecule is CNc1nccc(C(=O)NCc2ccc(C)o2)c1F. The molecule has 0 fully saturated rings. The molecular weight excluding hydrogens is 249 g/mol. The molecule has 0 aromatic carbocycles. The van der Waals surface area contributed by atoms with E-state index in [0.717, 1.165) is 5.76 Å². The Balaban J connectivity index is 2.08. The molecule has 2 aromatic heterocycles. The zero-order valence-corrected chi connectivity index (χ0v) is 10.7. The van der Waals surface area contributed by atoms with Crippen LogP contribution in [-0.2, 0) is 6.54 Å². The molecule has 2 aromatic rings. The average Bonchev–Trinajstić information content (AvgIpc) is 2.82. The van der Waals surface area contributed by atoms with Gasteiger partial charge in [-0.25, -0.2) is 9.37 Å². The highest BCUT2D eigenvalue weighted by atomic mass is 19.1. The number of halogens is 1. The number of aryl methyl sites for hydroxylation is 1. The monoisotopic (exact) mass is 263 g/mol. The third kappa shape index (κ3) is 2.90. The first kappa shape index (κ1) is 13.1. The van der Waals surface area contributed by atoms with Gasteiger partial charge in [-0.05, 0) is 25.1 Å². The number of carbonyl (C=O) groups is 1. The largest absolute Gasteiger partial charge is 0.465 e. The molecule has 0 atom stereocenters. The van der Waals surface area contributed by atoms with Gasteiger partial charge in [-0.3, -0.25) is 4.79 Å². The maximum atomic E-state index is 13.8. The van der Waals surface area contributed by atoms with E-state index in [2.05, 4.69) is 15.6 Å². The fourth-order valence-corrected chi connectivity index (χ4v) is 1.64. The molecule has 0 bridgehead atoms. The Morgan fingerprint density at radius 2 is 2.21 bits per heavy atom. The zero-order chi connectivity index (χ0) is 13.8. The van der Waals surface area contributed by atoms with Gasteiger partial charge in [0.2, 0.25) is 0 Å². The van der Waals surface area contributed by atoms with Gasteiger partial charge in [0.1, 0.15) is 11.5 Å². The summed E-state index contributed by atoms with van der Waals surface area (Å²) in [6.07, 6.45) is 1.38. The number of furan rings is 1. The Labute approximate surface area is 109 Å². The van der Waals surface area contributed by atoms with Crippen molar-refractivity contribution in [3.8, 4) is 0 Å². The van der Waals surface area contributed by atoms with E-state index < -0.39 is 11.7 Å². The molecule has 0 aliphatic heterocycles. The maximum absolute atomic E-state index is 13.8. The van der Waals surface area contributed by atoms with Crippen molar-refractivity contribution >= 4 is 11.7 Å². The van der Waals surface area contributed by atoms with E-state index in [1.807, 2.05) is 6.92 Å². The van der Waals surface area contributed by atoms with Gasteiger partial charge >= 0.3 is 0 Å². The molecule has 0 saturated carbocycles. The zero-order valence-electron chi connectivity index (χ0n) is 10.7. The van der Waals surface area contributed by atoms with Crippen LogP contribution in [0.3, 0.4) is 0 Å². The summed E-state index contributed by atoms with van der Waals surface area (Å²) in [6.45, 7) is 2.02. The van der Waals surface area contributed by atoms with E-state index in [0.29, 0.717) is 5.76 Å². The number of anilines is 1. The second-order valence-electron chi connectivity index (χ2n) is 3.97. The van der Waals surface area contributed by atoms with Crippen LogP contribution in [0.2, 0.25) is 0 Å². The lowest BCUT2D eigenvalue weighted by molar-refractivity contribution is 0.0944. The number of hydrogen-bond donors (Lipinski definition) is 2. The van der Waals surface area contributed by atoms with Crippen molar-refractivity contribution < 1.29 is 13.6 Å². The number of aromatic nitrogens is 1. The summed E-state index contributed by atoms with van der Waals surface area (Å²) in [6, 6.07) is 4.89. The third-order valence-corrected chi connectivity index (χ3v) is 2.59. The van der Waals surface area contributed by atoms with Crippen molar-refractivity contribution in [3.05, 3.63) is 47.3 Å². The smallest absolute Gasteiger partial charge is 0.254 e. The van der Waals surface area contributed by atoms with Crippen LogP contribution in [0.1, 0.15) is 21.9 Å². The highest BCUT2D eigenvalue weighted by Crippen LogP contribution is 2.14. The first-order valence-electron chi connectivity index (χ1n) is 5.77. The molecule has 2 N–H and O–H groups in total. The fourth-order valence-electron chi connectivity index (χ4n) is 1.64. The lowest BCUT2D eigenvalue weighted by Gasteiger charge is -2.07. The number of nitrogens with one attached hydrogen (secondary N) is 2. The van der Waals surface area contributed by atoms with Gasteiger partial charge in [0.15, 0.2) is 11.6 Å². The van der Waals surface area contributed by atoms with E-state index in [1.54, 1.807) is 19.2 Å². The number of rotatable bonds is 4. The van der Waals surface area contributed by atoms with Crippen LogP contribution in [0, 0.1) is 12.7 Å². The Kier molecular flexibility index (Phi) is 3.79. The topological polar surface area (TPSA) is 67.2 Å². The minimum Gasteiger partial charge on any atom is -0.465 e. The van der Waals surface area contributed by atoms with Crippen molar-refractivity contribution in [2.24, 2.45) is 0 Å². The summed E-state index contributed by atoms with van der Waals surface area (Å²) in [4.78, 5) is 15.6. The van der Waals surface area contributed by atoms with Crippen LogP contribution in [0.15, 0.2) is 28.8 Å². The molecule has 0 radical (unpaired) electrons. The second kappa shape index (κ2) is 5.51. The number of amides is 1. The first-order valence-corrected chi connectivity index (χ1v) is 5.77. The lowest BCUT2D eigenvalue weighted by Crippen LogP contribution is -2.24. The van der Waals surface area contributed by atoms with E-state index in [4.69, 9.17) is 4.42 Å². The summed E-state index contributed by atoms with van der Waals surface area (Å²) >= 11 is 0. The maximum Gasteiger partial charge on any atom is 0.254 e. The van der Waals surface area contributed by atoms with E-state index >= 15 is 0 Å². The van der Waals surface area contributed by atoms with Gasteiger partial charge < -0.3 is 15.1 Å². The van der Waals surface area contributed by atoms with Crippen LogP contribution in [0.25, 0.3) is 0 Å². The number of hydrogen-bond acceptors (Lipinski definition) is 4. The van der Waals surface area contributed by atoms with Crippen molar-refractivity contribution in [1.82, 2.24) is 10.3 Å². The fraction of sp³-hybridized carbons (Fsp3) is 0.231. The molecule has 2 rings (SSSR count). The van der Waals surface area contributed by atoms with E-state index in [1.165, 1.54) is 12.3 Å². The van der Waals surface area contributed by atoms with Crippen molar-refractivity contribution in [2.75, 3.05) is 12.4 Å². The molecule has 100 valence electrons. The van der Waals surface area contributed by atoms with E-state index in [9.17, 15) is 9.18 Å². The van der Waals surface area contributed by atoms with Gasteiger partial charge in [-0.2, -0.15) is 0 Å². The number of carbonyl (C=O) groups excluding carboxylic acids is 1. The van der Waals surface area contributed by atoms with E-state index in [-0.39, 0.29) is 17.9 Å². The van der Waals surface area contributed by atoms with Crippen LogP contribution >= 0.6 is 0 Å². The Bertz CT molecular complexity index is 595. The summed E-state index contributed by atoms with van der Waals surface area (Å²) in [5.41, 5.74) is -0.0531. The summed E-state index contributed by atoms with van der Waals surface area (Å²) in [5.74, 6) is 0.246. The number of pyridine rings is 1. The molecule has 0 aliphatic rings. The molecule has 19 heavy (non-hydrogen) atoms. The van der Waals surface area contributed by atoms with Crippen molar-refractivity contribution in [3.63, 3.8) is 0 Å². The molecule has 6 heteroatoms. The molecule has 2 heterocycles. The first-order chi connectivity index (χ1) is 9.11. The minimum atomic E-state index is -0.668. The average molecular weight is 263 g/mol. The molecule has 0 saturated heterocycles. The molecule has 0 unspecified atom stereocenters. The van der Waals surface area contributed by atoms with Crippen LogP contribution in [-0.4, -0.2) is 17.9 Å². The standard InChI is InChI=1S/C13H14FN3O2/c1-8-3-4-9(19-8)7-17-13(18)10-5-6-16-12(15-2)11(10)14/h3-6H,7H2,1-2H3,(H,15,16)(H,17,18). The normalized spacial score (nSPS) is 10.3. The van der Waals surface area contributed by atoms with Gasteiger partial charge in [0.25, 0.3) is 5.91 Å². The molecule has 0 aliphatic carbocycles. The van der Waals surface area contributed by atoms with Crippen molar-refractivity contribution in [2.45, 2.75) is 13.5 Å². The summed E-state index contributed by atoms with van der Waals surface area (Å²) < 4.78 is 19.2. The molecule has 0 spiro atoms. The molecular formula is C13H14FN3O2. The second-order valence-corrected chi connectivity index (χ2v) is 3.97. The quantitative estimate of drug-likeness (QED) is 0.886. The highest BCUT2D eigenvalue weighted by Gasteiger charge is 2.15. The highest BCUT2D eigenvalue weighted by molar-refractivity contribution is 5.95. The summed E-state index contributed by atoms with van der Waals surface area (Å²) in [7, 11) is 1.54. The van der Waals surface area contributed by atoms with Crippen LogP contribution < -0.4 is 10.6 Å². The predicted octanol–water partition coefficient (Wildman–Crippen LogP) is 2.09. The minimum absolute atomic E-state index is 0.0430. The van der Waals surface area contributed by atoms with Gasteiger partial charge in [0.05, 0.1) is 12.1 Å². The van der Waals surface area contributed by atoms with Crippen molar-refractivity contribution in [1.29, 1.82) is 0 Å². The molecule has 5 nitrogen and oxygen atoms in total. The Morgan fingerprint density at radius 1 is 1.42 bits per heavy atom. The van der Waals surface area contributed by atoms with Crippen LogP contribution in [0.4, 0.5) is 10.2 Å². The predicted molar refractivity (Wildman–Crippen MR) is 68.4 cm³/mol. The van der Waals surface area contributed by atoms with Gasteiger partial charge in [0, 0.05) is 13.2 Å². The lowest BCUT2D eigenvalue weighted by atomic mass is 10.2. The van der Waals surface area contributed by atoms with Crippen LogP contribution in [0.5, 0.6) is 0 Å². The third-order valence-electron chi connectivity index (χ3n) is 2.59. The Hall–Kier alpha value is -2.37. The Morgan fingerprint density at radius 3 is 2.84 bits per heavy atom. The van der Waals surface area contributed by atoms with Gasteiger partial charge in [-0.1, -0.05) is 0 Å². The summed E-state index contributed by atoms with van der Waals surface area (Å²) in [5, 5.41) is 5.18. The number of nitrogens with zero attached hydrogens (tertiary/aromatic N) is 1. The molecule has 1 amide bonds. The van der Waals surface area contributed by atoms with Gasteiger partial charge in [-0.15, -0.1) is 0 Å².